The summed E-state index contributed by atoms with van der Waals surface area (Å²) in [7, 11) is 0. The van der Waals surface area contributed by atoms with E-state index in [1.807, 2.05) is 4.90 Å². The van der Waals surface area contributed by atoms with E-state index in [4.69, 9.17) is 4.74 Å². The third-order valence-electron chi connectivity index (χ3n) is 4.37. The second-order valence-corrected chi connectivity index (χ2v) is 7.75. The number of nitrogens with zero attached hydrogens (tertiary/aromatic N) is 1. The molecule has 0 spiro atoms. The average Bonchev–Trinajstić information content (AvgIpc) is 2.96. The van der Waals surface area contributed by atoms with Gasteiger partial charge in [-0.1, -0.05) is 15.9 Å². The van der Waals surface area contributed by atoms with Crippen LogP contribution in [0.4, 0.5) is 0 Å². The molecule has 1 aromatic heterocycles. The van der Waals surface area contributed by atoms with Crippen LogP contribution in [0.25, 0.3) is 0 Å². The lowest BCUT2D eigenvalue weighted by molar-refractivity contribution is 0.0161. The molecular formula is C16H22BrNO2S. The standard InChI is InChI=1S/C16H22BrNO2S/c17-7-10-20-13-5-8-18(9-6-13)16(19)15-11-12-3-1-2-4-14(12)21-15/h11,13H,1-10H2. The summed E-state index contributed by atoms with van der Waals surface area (Å²) in [6.07, 6.45) is 7.11. The molecule has 1 aliphatic carbocycles. The first kappa shape index (κ1) is 15.5. The van der Waals surface area contributed by atoms with Crippen LogP contribution in [0.3, 0.4) is 0 Å². The Morgan fingerprint density at radius 2 is 2.10 bits per heavy atom. The fraction of sp³-hybridized carbons (Fsp3) is 0.688. The quantitative estimate of drug-likeness (QED) is 0.756. The number of halogens is 1. The summed E-state index contributed by atoms with van der Waals surface area (Å²) in [4.78, 5) is 17.0. The molecule has 3 rings (SSSR count). The highest BCUT2D eigenvalue weighted by Crippen LogP contribution is 2.31. The number of carbonyl (C=O) groups excluding carboxylic acids is 1. The Hall–Kier alpha value is -0.390. The van der Waals surface area contributed by atoms with Crippen molar-refractivity contribution in [3.05, 3.63) is 21.4 Å². The maximum Gasteiger partial charge on any atom is 0.263 e. The molecule has 0 atom stereocenters. The second kappa shape index (κ2) is 7.25. The van der Waals surface area contributed by atoms with Crippen molar-refractivity contribution >= 4 is 33.2 Å². The van der Waals surface area contributed by atoms with Gasteiger partial charge in [-0.2, -0.15) is 0 Å². The molecular weight excluding hydrogens is 350 g/mol. The first-order chi connectivity index (χ1) is 10.3. The SMILES string of the molecule is O=C(c1cc2c(s1)CCCC2)N1CCC(OCCBr)CC1. The van der Waals surface area contributed by atoms with Crippen molar-refractivity contribution in [2.75, 3.05) is 25.0 Å². The number of rotatable bonds is 4. The van der Waals surface area contributed by atoms with Gasteiger partial charge in [-0.25, -0.2) is 0 Å². The third kappa shape index (κ3) is 3.69. The summed E-state index contributed by atoms with van der Waals surface area (Å²) >= 11 is 5.10. The molecule has 1 amide bonds. The van der Waals surface area contributed by atoms with Crippen molar-refractivity contribution < 1.29 is 9.53 Å². The Balaban J connectivity index is 1.57. The highest BCUT2D eigenvalue weighted by Gasteiger charge is 2.26. The van der Waals surface area contributed by atoms with E-state index in [1.54, 1.807) is 11.3 Å². The highest BCUT2D eigenvalue weighted by molar-refractivity contribution is 9.09. The highest BCUT2D eigenvalue weighted by atomic mass is 79.9. The van der Waals surface area contributed by atoms with Gasteiger partial charge < -0.3 is 9.64 Å². The van der Waals surface area contributed by atoms with Crippen molar-refractivity contribution in [2.45, 2.75) is 44.6 Å². The summed E-state index contributed by atoms with van der Waals surface area (Å²) < 4.78 is 5.75. The van der Waals surface area contributed by atoms with Crippen LogP contribution in [0, 0.1) is 0 Å². The largest absolute Gasteiger partial charge is 0.377 e. The maximum absolute atomic E-state index is 12.6. The number of ether oxygens (including phenoxy) is 1. The number of alkyl halides is 1. The van der Waals surface area contributed by atoms with Crippen molar-refractivity contribution in [1.29, 1.82) is 0 Å². The Morgan fingerprint density at radius 1 is 1.33 bits per heavy atom. The summed E-state index contributed by atoms with van der Waals surface area (Å²) in [5, 5.41) is 0.882. The van der Waals surface area contributed by atoms with Crippen LogP contribution in [0.5, 0.6) is 0 Å². The summed E-state index contributed by atoms with van der Waals surface area (Å²) in [5.74, 6) is 0.230. The predicted octanol–water partition coefficient (Wildman–Crippen LogP) is 3.64. The first-order valence-corrected chi connectivity index (χ1v) is 9.80. The minimum atomic E-state index is 0.230. The van der Waals surface area contributed by atoms with E-state index in [1.165, 1.54) is 23.3 Å². The van der Waals surface area contributed by atoms with E-state index in [0.717, 1.165) is 55.6 Å². The minimum absolute atomic E-state index is 0.230. The first-order valence-electron chi connectivity index (χ1n) is 7.86. The fourth-order valence-corrected chi connectivity index (χ4v) is 4.60. The molecule has 0 saturated carbocycles. The van der Waals surface area contributed by atoms with Crippen LogP contribution in [0.1, 0.15) is 45.8 Å². The fourth-order valence-electron chi connectivity index (χ4n) is 3.19. The van der Waals surface area contributed by atoms with Crippen molar-refractivity contribution in [1.82, 2.24) is 4.90 Å². The van der Waals surface area contributed by atoms with E-state index in [-0.39, 0.29) is 5.91 Å². The summed E-state index contributed by atoms with van der Waals surface area (Å²) in [5.41, 5.74) is 1.42. The van der Waals surface area contributed by atoms with E-state index in [0.29, 0.717) is 6.10 Å². The lowest BCUT2D eigenvalue weighted by atomic mass is 9.99. The molecule has 5 heteroatoms. The van der Waals surface area contributed by atoms with Gasteiger partial charge in [-0.15, -0.1) is 11.3 Å². The number of piperidine rings is 1. The van der Waals surface area contributed by atoms with E-state index in [2.05, 4.69) is 22.0 Å². The summed E-state index contributed by atoms with van der Waals surface area (Å²) in [6, 6.07) is 2.15. The van der Waals surface area contributed by atoms with Crippen molar-refractivity contribution in [2.24, 2.45) is 0 Å². The van der Waals surface area contributed by atoms with Crippen LogP contribution < -0.4 is 0 Å². The zero-order valence-corrected chi connectivity index (χ0v) is 14.7. The Morgan fingerprint density at radius 3 is 2.81 bits per heavy atom. The normalized spacial score (nSPS) is 19.6. The molecule has 2 heterocycles. The topological polar surface area (TPSA) is 29.5 Å². The molecule has 1 saturated heterocycles. The molecule has 2 aliphatic rings. The molecule has 0 bridgehead atoms. The third-order valence-corrected chi connectivity index (χ3v) is 5.92. The molecule has 3 nitrogen and oxygen atoms in total. The van der Waals surface area contributed by atoms with Gasteiger partial charge in [0.05, 0.1) is 17.6 Å². The maximum atomic E-state index is 12.6. The lowest BCUT2D eigenvalue weighted by Gasteiger charge is -2.31. The average molecular weight is 372 g/mol. The second-order valence-electron chi connectivity index (χ2n) is 5.82. The number of amides is 1. The number of likely N-dealkylation sites (tertiary alicyclic amines) is 1. The molecule has 0 unspecified atom stereocenters. The summed E-state index contributed by atoms with van der Waals surface area (Å²) in [6.45, 7) is 2.42. The Kier molecular flexibility index (Phi) is 5.35. The minimum Gasteiger partial charge on any atom is -0.377 e. The Labute approximate surface area is 138 Å². The number of fused-ring (bicyclic) bond motifs is 1. The Bertz CT molecular complexity index is 471. The molecule has 0 N–H and O–H groups in total. The lowest BCUT2D eigenvalue weighted by Crippen LogP contribution is -2.40. The monoisotopic (exact) mass is 371 g/mol. The van der Waals surface area contributed by atoms with Crippen LogP contribution in [0.2, 0.25) is 0 Å². The molecule has 0 radical (unpaired) electrons. The van der Waals surface area contributed by atoms with Crippen molar-refractivity contribution in [3.8, 4) is 0 Å². The van der Waals surface area contributed by atoms with Gasteiger partial charge in [-0.05, 0) is 50.2 Å². The number of aryl methyl sites for hydroxylation is 2. The van der Waals surface area contributed by atoms with Crippen LogP contribution in [-0.4, -0.2) is 41.9 Å². The van der Waals surface area contributed by atoms with E-state index < -0.39 is 0 Å². The van der Waals surface area contributed by atoms with Crippen LogP contribution >= 0.6 is 27.3 Å². The van der Waals surface area contributed by atoms with Crippen LogP contribution in [0.15, 0.2) is 6.07 Å². The van der Waals surface area contributed by atoms with Gasteiger partial charge in [0, 0.05) is 23.3 Å². The van der Waals surface area contributed by atoms with Gasteiger partial charge >= 0.3 is 0 Å². The number of thiophene rings is 1. The van der Waals surface area contributed by atoms with Crippen molar-refractivity contribution in [3.63, 3.8) is 0 Å². The number of hydrogen-bond donors (Lipinski definition) is 0. The van der Waals surface area contributed by atoms with Gasteiger partial charge in [0.25, 0.3) is 5.91 Å². The zero-order chi connectivity index (χ0) is 14.7. The van der Waals surface area contributed by atoms with Gasteiger partial charge in [0.15, 0.2) is 0 Å². The smallest absolute Gasteiger partial charge is 0.263 e. The molecule has 21 heavy (non-hydrogen) atoms. The molecule has 1 aromatic rings. The van der Waals surface area contributed by atoms with E-state index in [9.17, 15) is 4.79 Å². The van der Waals surface area contributed by atoms with Gasteiger partial charge in [0.2, 0.25) is 0 Å². The van der Waals surface area contributed by atoms with Crippen LogP contribution in [-0.2, 0) is 17.6 Å². The van der Waals surface area contributed by atoms with Gasteiger partial charge in [-0.3, -0.25) is 4.79 Å². The predicted molar refractivity (Wildman–Crippen MR) is 89.6 cm³/mol. The number of hydrogen-bond acceptors (Lipinski definition) is 3. The molecule has 1 aliphatic heterocycles. The number of carbonyl (C=O) groups is 1. The zero-order valence-electron chi connectivity index (χ0n) is 12.3. The van der Waals surface area contributed by atoms with Gasteiger partial charge in [0.1, 0.15) is 0 Å². The van der Waals surface area contributed by atoms with E-state index >= 15 is 0 Å². The molecule has 1 fully saturated rings. The molecule has 0 aromatic carbocycles. The molecule has 116 valence electrons.